The van der Waals surface area contributed by atoms with Crippen LogP contribution in [0.1, 0.15) is 17.2 Å². The molecule has 2 N–H and O–H groups in total. The second-order valence-electron chi connectivity index (χ2n) is 3.11. The van der Waals surface area contributed by atoms with Gasteiger partial charge in [0, 0.05) is 0 Å². The number of benzene rings is 1. The molecule has 0 bridgehead atoms. The Kier molecular flexibility index (Phi) is 4.12. The molecule has 96 valence electrons. The van der Waals surface area contributed by atoms with Gasteiger partial charge in [0.2, 0.25) is 0 Å². The molecule has 5 nitrogen and oxygen atoms in total. The van der Waals surface area contributed by atoms with Crippen molar-refractivity contribution in [3.05, 3.63) is 29.1 Å². The Morgan fingerprint density at radius 3 is 2.50 bits per heavy atom. The summed E-state index contributed by atoms with van der Waals surface area (Å²) in [4.78, 5) is 10.5. The highest BCUT2D eigenvalue weighted by atomic mass is 19.3. The number of alkyl halides is 2. The minimum absolute atomic E-state index is 0.446. The molecule has 1 aromatic rings. The lowest BCUT2D eigenvalue weighted by Gasteiger charge is -2.11. The molecule has 0 spiro atoms. The van der Waals surface area contributed by atoms with E-state index in [-0.39, 0.29) is 0 Å². The number of aliphatic carboxylic acids is 1. The smallest absolute Gasteiger partial charge is 0.387 e. The van der Waals surface area contributed by atoms with Crippen LogP contribution in [-0.2, 0) is 4.79 Å². The molecule has 0 aliphatic rings. The van der Waals surface area contributed by atoms with Gasteiger partial charge in [-0.3, -0.25) is 0 Å². The largest absolute Gasteiger partial charge is 0.479 e. The average Bonchev–Trinajstić information content (AvgIpc) is 2.29. The molecular formula is C10H6F3NO4. The van der Waals surface area contributed by atoms with E-state index < -0.39 is 41.4 Å². The highest BCUT2D eigenvalue weighted by molar-refractivity contribution is 5.74. The summed E-state index contributed by atoms with van der Waals surface area (Å²) in [7, 11) is 0. The number of carboxylic acid groups (broad SMARTS) is 1. The van der Waals surface area contributed by atoms with E-state index in [1.165, 1.54) is 6.07 Å². The van der Waals surface area contributed by atoms with Gasteiger partial charge >= 0.3 is 12.6 Å². The summed E-state index contributed by atoms with van der Waals surface area (Å²) in [5.74, 6) is -4.01. The van der Waals surface area contributed by atoms with Crippen LogP contribution in [0.4, 0.5) is 13.2 Å². The SMILES string of the molecule is N#Cc1cc(C(O)C(=O)O)cc(F)c1OC(F)F. The molecule has 0 radical (unpaired) electrons. The van der Waals surface area contributed by atoms with Gasteiger partial charge in [0.1, 0.15) is 6.07 Å². The normalized spacial score (nSPS) is 12.0. The zero-order valence-corrected chi connectivity index (χ0v) is 8.60. The molecule has 0 heterocycles. The lowest BCUT2D eigenvalue weighted by Crippen LogP contribution is -2.12. The Hall–Kier alpha value is -2.27. The summed E-state index contributed by atoms with van der Waals surface area (Å²) in [5, 5.41) is 26.3. The van der Waals surface area contributed by atoms with Gasteiger partial charge in [0.05, 0.1) is 5.56 Å². The van der Waals surface area contributed by atoms with E-state index in [1.807, 2.05) is 0 Å². The van der Waals surface area contributed by atoms with Crippen LogP contribution in [0.15, 0.2) is 12.1 Å². The van der Waals surface area contributed by atoms with Crippen LogP contribution in [0.2, 0.25) is 0 Å². The summed E-state index contributed by atoms with van der Waals surface area (Å²) in [5.41, 5.74) is -1.08. The van der Waals surface area contributed by atoms with Gasteiger partial charge in [-0.1, -0.05) is 0 Å². The van der Waals surface area contributed by atoms with Crippen LogP contribution >= 0.6 is 0 Å². The summed E-state index contributed by atoms with van der Waals surface area (Å²) in [6.07, 6.45) is -2.06. The number of hydrogen-bond acceptors (Lipinski definition) is 4. The first-order chi connectivity index (χ1) is 8.36. The Bertz CT molecular complexity index is 513. The third kappa shape index (κ3) is 2.89. The van der Waals surface area contributed by atoms with E-state index in [0.29, 0.717) is 6.07 Å². The third-order valence-corrected chi connectivity index (χ3v) is 1.94. The van der Waals surface area contributed by atoms with E-state index in [4.69, 9.17) is 15.5 Å². The third-order valence-electron chi connectivity index (χ3n) is 1.94. The van der Waals surface area contributed by atoms with Crippen molar-refractivity contribution in [1.29, 1.82) is 5.26 Å². The van der Waals surface area contributed by atoms with E-state index in [9.17, 15) is 18.0 Å². The molecule has 0 aliphatic heterocycles. The predicted octanol–water partition coefficient (Wildman–Crippen LogP) is 1.42. The topological polar surface area (TPSA) is 90.5 Å². The predicted molar refractivity (Wildman–Crippen MR) is 50.3 cm³/mol. The van der Waals surface area contributed by atoms with Crippen molar-refractivity contribution in [2.45, 2.75) is 12.7 Å². The van der Waals surface area contributed by atoms with Crippen LogP contribution in [0.5, 0.6) is 5.75 Å². The minimum atomic E-state index is -3.33. The monoisotopic (exact) mass is 261 g/mol. The number of ether oxygens (including phenoxy) is 1. The molecular weight excluding hydrogens is 255 g/mol. The number of carbonyl (C=O) groups is 1. The van der Waals surface area contributed by atoms with Crippen molar-refractivity contribution < 1.29 is 32.9 Å². The molecule has 1 atom stereocenters. The highest BCUT2D eigenvalue weighted by Gasteiger charge is 2.22. The Labute approximate surface area is 98.6 Å². The van der Waals surface area contributed by atoms with Gasteiger partial charge in [-0.25, -0.2) is 9.18 Å². The Balaban J connectivity index is 3.28. The Morgan fingerprint density at radius 1 is 1.44 bits per heavy atom. The number of hydrogen-bond donors (Lipinski definition) is 2. The van der Waals surface area contributed by atoms with Crippen molar-refractivity contribution in [1.82, 2.24) is 0 Å². The van der Waals surface area contributed by atoms with Crippen LogP contribution in [0, 0.1) is 17.1 Å². The fourth-order valence-electron chi connectivity index (χ4n) is 1.21. The summed E-state index contributed by atoms with van der Waals surface area (Å²) in [6.45, 7) is -3.33. The highest BCUT2D eigenvalue weighted by Crippen LogP contribution is 2.28. The zero-order chi connectivity index (χ0) is 13.9. The molecule has 0 fully saturated rings. The fourth-order valence-corrected chi connectivity index (χ4v) is 1.21. The molecule has 18 heavy (non-hydrogen) atoms. The molecule has 0 aliphatic carbocycles. The number of halogens is 3. The molecule has 0 aromatic heterocycles. The van der Waals surface area contributed by atoms with Gasteiger partial charge in [-0.15, -0.1) is 0 Å². The number of carboxylic acids is 1. The molecule has 1 rings (SSSR count). The number of nitrogens with zero attached hydrogens (tertiary/aromatic N) is 1. The summed E-state index contributed by atoms with van der Waals surface area (Å²) < 4.78 is 41.1. The first-order valence-electron chi connectivity index (χ1n) is 4.46. The van der Waals surface area contributed by atoms with Gasteiger partial charge in [0.15, 0.2) is 17.7 Å². The minimum Gasteiger partial charge on any atom is -0.479 e. The van der Waals surface area contributed by atoms with Crippen molar-refractivity contribution in [2.75, 3.05) is 0 Å². The molecule has 0 saturated heterocycles. The maximum Gasteiger partial charge on any atom is 0.387 e. The molecule has 0 saturated carbocycles. The lowest BCUT2D eigenvalue weighted by molar-refractivity contribution is -0.147. The lowest BCUT2D eigenvalue weighted by atomic mass is 10.1. The van der Waals surface area contributed by atoms with Crippen molar-refractivity contribution in [3.63, 3.8) is 0 Å². The Morgan fingerprint density at radius 2 is 2.06 bits per heavy atom. The number of aliphatic hydroxyl groups is 1. The number of rotatable bonds is 4. The van der Waals surface area contributed by atoms with Crippen molar-refractivity contribution in [2.24, 2.45) is 0 Å². The summed E-state index contributed by atoms with van der Waals surface area (Å²) in [6, 6.07) is 2.65. The van der Waals surface area contributed by atoms with Crippen LogP contribution in [0.25, 0.3) is 0 Å². The van der Waals surface area contributed by atoms with Gasteiger partial charge in [0.25, 0.3) is 0 Å². The van der Waals surface area contributed by atoms with E-state index >= 15 is 0 Å². The standard InChI is InChI=1S/C10H6F3NO4/c11-6-2-4(7(15)9(16)17)1-5(3-14)8(6)18-10(12)13/h1-2,7,10,15H,(H,16,17). The average molecular weight is 261 g/mol. The van der Waals surface area contributed by atoms with E-state index in [1.54, 1.807) is 0 Å². The fraction of sp³-hybridized carbons (Fsp3) is 0.200. The maximum atomic E-state index is 13.4. The first kappa shape index (κ1) is 13.8. The summed E-state index contributed by atoms with van der Waals surface area (Å²) >= 11 is 0. The van der Waals surface area contributed by atoms with Crippen molar-refractivity contribution >= 4 is 5.97 Å². The first-order valence-corrected chi connectivity index (χ1v) is 4.46. The van der Waals surface area contributed by atoms with E-state index in [2.05, 4.69) is 4.74 Å². The van der Waals surface area contributed by atoms with E-state index in [0.717, 1.165) is 6.07 Å². The van der Waals surface area contributed by atoms with Crippen LogP contribution in [-0.4, -0.2) is 22.8 Å². The molecule has 1 unspecified atom stereocenters. The number of aliphatic hydroxyl groups excluding tert-OH is 1. The second-order valence-corrected chi connectivity index (χ2v) is 3.11. The quantitative estimate of drug-likeness (QED) is 0.855. The molecule has 0 amide bonds. The maximum absolute atomic E-state index is 13.4. The molecule has 8 heteroatoms. The van der Waals surface area contributed by atoms with Crippen LogP contribution in [0.3, 0.4) is 0 Å². The van der Waals surface area contributed by atoms with Gasteiger partial charge < -0.3 is 14.9 Å². The van der Waals surface area contributed by atoms with Crippen molar-refractivity contribution in [3.8, 4) is 11.8 Å². The van der Waals surface area contributed by atoms with Gasteiger partial charge in [-0.2, -0.15) is 14.0 Å². The van der Waals surface area contributed by atoms with Crippen LogP contribution < -0.4 is 4.74 Å². The second kappa shape index (κ2) is 5.37. The van der Waals surface area contributed by atoms with Gasteiger partial charge in [-0.05, 0) is 17.7 Å². The number of nitriles is 1. The zero-order valence-electron chi connectivity index (χ0n) is 8.60. The molecule has 1 aromatic carbocycles.